The molecule has 1 aliphatic rings. The molecule has 0 saturated carbocycles. The molecule has 164 valence electrons. The van der Waals surface area contributed by atoms with E-state index >= 15 is 0 Å². The molecule has 3 rings (SSSR count). The number of aliphatic hydroxyl groups excluding tert-OH is 1. The van der Waals surface area contributed by atoms with Gasteiger partial charge >= 0.3 is 0 Å². The number of hydrogen-bond donors (Lipinski definition) is 1. The summed E-state index contributed by atoms with van der Waals surface area (Å²) in [4.78, 5) is 0.169. The zero-order valence-corrected chi connectivity index (χ0v) is 18.3. The highest BCUT2D eigenvalue weighted by atomic mass is 32.2. The lowest BCUT2D eigenvalue weighted by Crippen LogP contribution is -2.44. The molecule has 0 aromatic heterocycles. The van der Waals surface area contributed by atoms with E-state index in [1.165, 1.54) is 4.31 Å². The molecule has 7 nitrogen and oxygen atoms in total. The SMILES string of the molecule is Cc1ccc(S(=O)(=O)N(C[C@@H](O)COc2ccccc2)C[C@H]2COC(C)(C)O2)cc1. The minimum atomic E-state index is -3.84. The lowest BCUT2D eigenvalue weighted by Gasteiger charge is -2.27. The third-order valence-electron chi connectivity index (χ3n) is 4.73. The predicted molar refractivity (Wildman–Crippen MR) is 113 cm³/mol. The number of ether oxygens (including phenoxy) is 3. The fraction of sp³-hybridized carbons (Fsp3) is 0.455. The number of para-hydroxylation sites is 1. The zero-order valence-electron chi connectivity index (χ0n) is 17.5. The van der Waals surface area contributed by atoms with E-state index in [-0.39, 0.29) is 31.2 Å². The lowest BCUT2D eigenvalue weighted by atomic mass is 10.2. The van der Waals surface area contributed by atoms with Gasteiger partial charge in [-0.05, 0) is 45.0 Å². The van der Waals surface area contributed by atoms with Crippen molar-refractivity contribution in [3.63, 3.8) is 0 Å². The van der Waals surface area contributed by atoms with Crippen LogP contribution in [0.1, 0.15) is 19.4 Å². The molecule has 8 heteroatoms. The third-order valence-corrected chi connectivity index (χ3v) is 6.58. The topological polar surface area (TPSA) is 85.3 Å². The highest BCUT2D eigenvalue weighted by Gasteiger charge is 2.37. The van der Waals surface area contributed by atoms with Crippen LogP contribution in [0.4, 0.5) is 0 Å². The Kier molecular flexibility index (Phi) is 7.15. The van der Waals surface area contributed by atoms with Crippen molar-refractivity contribution in [2.75, 3.05) is 26.3 Å². The second-order valence-corrected chi connectivity index (χ2v) is 9.80. The van der Waals surface area contributed by atoms with Gasteiger partial charge in [0.15, 0.2) is 5.79 Å². The van der Waals surface area contributed by atoms with Gasteiger partial charge in [-0.2, -0.15) is 4.31 Å². The molecule has 0 bridgehead atoms. The monoisotopic (exact) mass is 435 g/mol. The summed E-state index contributed by atoms with van der Waals surface area (Å²) < 4.78 is 44.7. The molecule has 1 N–H and O–H groups in total. The Balaban J connectivity index is 1.74. The van der Waals surface area contributed by atoms with Crippen LogP contribution in [0, 0.1) is 6.92 Å². The van der Waals surface area contributed by atoms with Gasteiger partial charge < -0.3 is 19.3 Å². The molecular formula is C22H29NO6S. The Morgan fingerprint density at radius 3 is 2.43 bits per heavy atom. The van der Waals surface area contributed by atoms with Crippen LogP contribution in [-0.2, 0) is 19.5 Å². The van der Waals surface area contributed by atoms with Crippen molar-refractivity contribution in [2.24, 2.45) is 0 Å². The summed E-state index contributed by atoms with van der Waals surface area (Å²) >= 11 is 0. The zero-order chi connectivity index (χ0) is 21.8. The van der Waals surface area contributed by atoms with E-state index in [2.05, 4.69) is 0 Å². The van der Waals surface area contributed by atoms with E-state index in [0.29, 0.717) is 5.75 Å². The van der Waals surface area contributed by atoms with Crippen LogP contribution in [0.25, 0.3) is 0 Å². The molecule has 0 spiro atoms. The van der Waals surface area contributed by atoms with Crippen molar-refractivity contribution in [2.45, 2.75) is 43.7 Å². The first-order valence-electron chi connectivity index (χ1n) is 9.90. The minimum absolute atomic E-state index is 0.0303. The van der Waals surface area contributed by atoms with Gasteiger partial charge in [0.2, 0.25) is 10.0 Å². The van der Waals surface area contributed by atoms with Crippen LogP contribution in [0.15, 0.2) is 59.5 Å². The van der Waals surface area contributed by atoms with Gasteiger partial charge in [-0.3, -0.25) is 0 Å². The van der Waals surface area contributed by atoms with Crippen molar-refractivity contribution >= 4 is 10.0 Å². The number of hydrogen-bond acceptors (Lipinski definition) is 6. The molecule has 2 atom stereocenters. The van der Waals surface area contributed by atoms with E-state index in [1.54, 1.807) is 50.2 Å². The number of rotatable bonds is 9. The molecular weight excluding hydrogens is 406 g/mol. The molecule has 2 aromatic rings. The van der Waals surface area contributed by atoms with Crippen molar-refractivity contribution in [3.05, 3.63) is 60.2 Å². The smallest absolute Gasteiger partial charge is 0.243 e. The molecule has 0 radical (unpaired) electrons. The molecule has 0 unspecified atom stereocenters. The van der Waals surface area contributed by atoms with Gasteiger partial charge in [0, 0.05) is 13.1 Å². The number of sulfonamides is 1. The van der Waals surface area contributed by atoms with Gasteiger partial charge in [0.1, 0.15) is 18.5 Å². The van der Waals surface area contributed by atoms with Gasteiger partial charge in [0.25, 0.3) is 0 Å². The first kappa shape index (κ1) is 22.7. The third kappa shape index (κ3) is 6.02. The highest BCUT2D eigenvalue weighted by Crippen LogP contribution is 2.25. The van der Waals surface area contributed by atoms with Gasteiger partial charge in [-0.1, -0.05) is 35.9 Å². The first-order valence-corrected chi connectivity index (χ1v) is 11.3. The summed E-state index contributed by atoms with van der Waals surface area (Å²) in [5, 5.41) is 10.5. The largest absolute Gasteiger partial charge is 0.491 e. The van der Waals surface area contributed by atoms with Crippen molar-refractivity contribution in [1.82, 2.24) is 4.31 Å². The summed E-state index contributed by atoms with van der Waals surface area (Å²) in [7, 11) is -3.84. The molecule has 0 amide bonds. The summed E-state index contributed by atoms with van der Waals surface area (Å²) in [6, 6.07) is 15.7. The summed E-state index contributed by atoms with van der Waals surface area (Å²) in [5.74, 6) is -0.155. The lowest BCUT2D eigenvalue weighted by molar-refractivity contribution is -0.139. The van der Waals surface area contributed by atoms with Crippen LogP contribution in [0.3, 0.4) is 0 Å². The Morgan fingerprint density at radius 2 is 1.83 bits per heavy atom. The molecule has 1 saturated heterocycles. The average molecular weight is 436 g/mol. The first-order chi connectivity index (χ1) is 14.2. The van der Waals surface area contributed by atoms with Crippen LogP contribution >= 0.6 is 0 Å². The normalized spacial score (nSPS) is 19.7. The van der Waals surface area contributed by atoms with Gasteiger partial charge in [-0.25, -0.2) is 8.42 Å². The molecule has 0 aliphatic carbocycles. The summed E-state index contributed by atoms with van der Waals surface area (Å²) in [6.45, 7) is 5.67. The van der Waals surface area contributed by atoms with Gasteiger partial charge in [-0.15, -0.1) is 0 Å². The number of benzene rings is 2. The Morgan fingerprint density at radius 1 is 1.17 bits per heavy atom. The maximum Gasteiger partial charge on any atom is 0.243 e. The second kappa shape index (κ2) is 9.45. The van der Waals surface area contributed by atoms with Crippen LogP contribution in [0.2, 0.25) is 0 Å². The second-order valence-electron chi connectivity index (χ2n) is 7.86. The van der Waals surface area contributed by atoms with E-state index < -0.39 is 28.0 Å². The molecule has 1 aliphatic heterocycles. The number of nitrogens with zero attached hydrogens (tertiary/aromatic N) is 1. The Bertz CT molecular complexity index is 914. The standard InChI is InChI=1S/C22H29NO6S/c1-17-9-11-21(12-10-17)30(25,26)23(14-20-16-28-22(2,3)29-20)13-18(24)15-27-19-7-5-4-6-8-19/h4-12,18,20,24H,13-16H2,1-3H3/t18-,20+/m1/s1. The summed E-state index contributed by atoms with van der Waals surface area (Å²) in [6.07, 6.45) is -1.44. The molecule has 1 heterocycles. The fourth-order valence-corrected chi connectivity index (χ4v) is 4.72. The molecule has 2 aromatic carbocycles. The number of aliphatic hydroxyl groups is 1. The maximum atomic E-state index is 13.3. The van der Waals surface area contributed by atoms with E-state index in [1.807, 2.05) is 25.1 Å². The van der Waals surface area contributed by atoms with E-state index in [9.17, 15) is 13.5 Å². The van der Waals surface area contributed by atoms with Crippen LogP contribution in [0.5, 0.6) is 5.75 Å². The predicted octanol–water partition coefficient (Wildman–Crippen LogP) is 2.58. The Labute approximate surface area is 178 Å². The van der Waals surface area contributed by atoms with Crippen molar-refractivity contribution < 1.29 is 27.7 Å². The summed E-state index contributed by atoms with van der Waals surface area (Å²) in [5.41, 5.74) is 0.964. The molecule has 30 heavy (non-hydrogen) atoms. The minimum Gasteiger partial charge on any atom is -0.491 e. The number of aryl methyl sites for hydroxylation is 1. The van der Waals surface area contributed by atoms with Crippen molar-refractivity contribution in [1.29, 1.82) is 0 Å². The highest BCUT2D eigenvalue weighted by molar-refractivity contribution is 7.89. The molecule has 1 fully saturated rings. The van der Waals surface area contributed by atoms with Crippen LogP contribution in [-0.4, -0.2) is 62.1 Å². The quantitative estimate of drug-likeness (QED) is 0.652. The van der Waals surface area contributed by atoms with E-state index in [4.69, 9.17) is 14.2 Å². The average Bonchev–Trinajstić information content (AvgIpc) is 3.05. The van der Waals surface area contributed by atoms with Crippen LogP contribution < -0.4 is 4.74 Å². The van der Waals surface area contributed by atoms with Gasteiger partial charge in [0.05, 0.1) is 17.6 Å². The fourth-order valence-electron chi connectivity index (χ4n) is 3.21. The van der Waals surface area contributed by atoms with Crippen molar-refractivity contribution in [3.8, 4) is 5.75 Å². The maximum absolute atomic E-state index is 13.3. The Hall–Kier alpha value is -1.97. The van der Waals surface area contributed by atoms with E-state index in [0.717, 1.165) is 5.56 Å².